The highest BCUT2D eigenvalue weighted by Gasteiger charge is 2.33. The molecule has 0 unspecified atom stereocenters. The largest absolute Gasteiger partial charge is 0.383 e. The minimum atomic E-state index is -3.39. The molecule has 8 nitrogen and oxygen atoms in total. The smallest absolute Gasteiger partial charge is 0.282 e. The minimum Gasteiger partial charge on any atom is -0.383 e. The molecule has 1 N–H and O–H groups in total. The number of nitrogens with zero attached hydrogens (tertiary/aromatic N) is 3. The third kappa shape index (κ3) is 5.38. The fraction of sp³-hybridized carbons (Fsp3) is 0.933. The SMILES string of the molecule is COCCNCC(=O)N1CCN(S(=O)(=O)N2CCCCCC2)CC1. The van der Waals surface area contributed by atoms with Crippen LogP contribution in [-0.4, -0.2) is 93.9 Å². The van der Waals surface area contributed by atoms with E-state index >= 15 is 0 Å². The van der Waals surface area contributed by atoms with Gasteiger partial charge < -0.3 is 15.0 Å². The quantitative estimate of drug-likeness (QED) is 0.617. The molecule has 0 aliphatic carbocycles. The van der Waals surface area contributed by atoms with Gasteiger partial charge >= 0.3 is 0 Å². The summed E-state index contributed by atoms with van der Waals surface area (Å²) in [6.45, 7) is 4.36. The Morgan fingerprint density at radius 3 is 2.12 bits per heavy atom. The van der Waals surface area contributed by atoms with Crippen LogP contribution in [0.1, 0.15) is 25.7 Å². The van der Waals surface area contributed by atoms with E-state index in [1.807, 2.05) is 0 Å². The van der Waals surface area contributed by atoms with Crippen LogP contribution in [0, 0.1) is 0 Å². The van der Waals surface area contributed by atoms with Gasteiger partial charge in [-0.25, -0.2) is 0 Å². The van der Waals surface area contributed by atoms with E-state index in [0.717, 1.165) is 25.7 Å². The zero-order valence-electron chi connectivity index (χ0n) is 14.6. The molecule has 2 aliphatic rings. The predicted molar refractivity (Wildman–Crippen MR) is 91.9 cm³/mol. The average Bonchev–Trinajstić information content (AvgIpc) is 2.88. The van der Waals surface area contributed by atoms with E-state index < -0.39 is 10.2 Å². The molecule has 0 saturated carbocycles. The van der Waals surface area contributed by atoms with E-state index in [-0.39, 0.29) is 12.5 Å². The molecule has 1 amide bonds. The number of amides is 1. The topological polar surface area (TPSA) is 82.2 Å². The average molecular weight is 362 g/mol. The summed E-state index contributed by atoms with van der Waals surface area (Å²) in [5, 5.41) is 3.03. The zero-order valence-corrected chi connectivity index (χ0v) is 15.4. The summed E-state index contributed by atoms with van der Waals surface area (Å²) in [5.74, 6) is 0.0120. The summed E-state index contributed by atoms with van der Waals surface area (Å²) in [4.78, 5) is 13.8. The van der Waals surface area contributed by atoms with Crippen LogP contribution in [0.25, 0.3) is 0 Å². The third-order valence-electron chi connectivity index (χ3n) is 4.57. The lowest BCUT2D eigenvalue weighted by atomic mass is 10.2. The number of piperazine rings is 1. The van der Waals surface area contributed by atoms with Crippen molar-refractivity contribution in [3.63, 3.8) is 0 Å². The first-order valence-electron chi connectivity index (χ1n) is 8.78. The molecule has 24 heavy (non-hydrogen) atoms. The van der Waals surface area contributed by atoms with Crippen molar-refractivity contribution < 1.29 is 17.9 Å². The Morgan fingerprint density at radius 1 is 0.958 bits per heavy atom. The summed E-state index contributed by atoms with van der Waals surface area (Å²) in [6, 6.07) is 0. The first-order chi connectivity index (χ1) is 11.6. The fourth-order valence-corrected chi connectivity index (χ4v) is 4.76. The van der Waals surface area contributed by atoms with Gasteiger partial charge in [0.2, 0.25) is 5.91 Å². The number of rotatable bonds is 7. The number of ether oxygens (including phenoxy) is 1. The van der Waals surface area contributed by atoms with E-state index in [1.54, 1.807) is 16.3 Å². The maximum absolute atomic E-state index is 12.7. The Kier molecular flexibility index (Phi) is 7.89. The molecule has 2 rings (SSSR count). The van der Waals surface area contributed by atoms with Crippen LogP contribution in [0.3, 0.4) is 0 Å². The lowest BCUT2D eigenvalue weighted by Crippen LogP contribution is -2.55. The Bertz CT molecular complexity index is 484. The number of methoxy groups -OCH3 is 1. The van der Waals surface area contributed by atoms with Gasteiger partial charge in [-0.2, -0.15) is 17.0 Å². The minimum absolute atomic E-state index is 0.0120. The van der Waals surface area contributed by atoms with E-state index in [9.17, 15) is 13.2 Å². The second-order valence-electron chi connectivity index (χ2n) is 6.27. The summed E-state index contributed by atoms with van der Waals surface area (Å²) in [7, 11) is -1.77. The van der Waals surface area contributed by atoms with Gasteiger partial charge in [0.25, 0.3) is 10.2 Å². The predicted octanol–water partition coefficient (Wildman–Crippen LogP) is -0.513. The first-order valence-corrected chi connectivity index (χ1v) is 10.2. The van der Waals surface area contributed by atoms with Crippen LogP contribution in [0.5, 0.6) is 0 Å². The Labute approximate surface area is 145 Å². The van der Waals surface area contributed by atoms with E-state index in [2.05, 4.69) is 5.32 Å². The molecule has 0 atom stereocenters. The van der Waals surface area contributed by atoms with Gasteiger partial charge in [0.1, 0.15) is 0 Å². The maximum atomic E-state index is 12.7. The van der Waals surface area contributed by atoms with Crippen LogP contribution >= 0.6 is 0 Å². The van der Waals surface area contributed by atoms with Crippen molar-refractivity contribution in [2.24, 2.45) is 0 Å². The standard InChI is InChI=1S/C15H30N4O4S/c1-23-13-6-16-14-15(20)17-9-11-19(12-10-17)24(21,22)18-7-4-2-3-5-8-18/h16H,2-14H2,1H3. The van der Waals surface area contributed by atoms with Crippen molar-refractivity contribution in [2.75, 3.05) is 66.1 Å². The molecule has 2 saturated heterocycles. The van der Waals surface area contributed by atoms with Gasteiger partial charge in [-0.1, -0.05) is 12.8 Å². The van der Waals surface area contributed by atoms with Crippen LogP contribution in [0.15, 0.2) is 0 Å². The molecule has 2 heterocycles. The number of nitrogens with one attached hydrogen (secondary N) is 1. The Hall–Kier alpha value is -0.740. The molecule has 0 bridgehead atoms. The van der Waals surface area contributed by atoms with Gasteiger partial charge in [0, 0.05) is 52.9 Å². The molecule has 2 fully saturated rings. The van der Waals surface area contributed by atoms with Crippen molar-refractivity contribution in [3.05, 3.63) is 0 Å². The molecule has 0 aromatic heterocycles. The zero-order chi connectivity index (χ0) is 17.4. The van der Waals surface area contributed by atoms with E-state index in [0.29, 0.717) is 52.4 Å². The number of carbonyl (C=O) groups is 1. The molecule has 0 radical (unpaired) electrons. The lowest BCUT2D eigenvalue weighted by molar-refractivity contribution is -0.131. The first kappa shape index (κ1) is 19.6. The van der Waals surface area contributed by atoms with Crippen molar-refractivity contribution in [3.8, 4) is 0 Å². The number of carbonyl (C=O) groups excluding carboxylic acids is 1. The summed E-state index contributed by atoms with van der Waals surface area (Å²) in [5.41, 5.74) is 0. The second kappa shape index (κ2) is 9.67. The molecular weight excluding hydrogens is 332 g/mol. The van der Waals surface area contributed by atoms with Crippen molar-refractivity contribution >= 4 is 16.1 Å². The van der Waals surface area contributed by atoms with Crippen LogP contribution in [-0.2, 0) is 19.7 Å². The molecule has 2 aliphatic heterocycles. The molecule has 140 valence electrons. The molecule has 9 heteroatoms. The Balaban J connectivity index is 1.79. The van der Waals surface area contributed by atoms with Crippen molar-refractivity contribution in [2.45, 2.75) is 25.7 Å². The maximum Gasteiger partial charge on any atom is 0.282 e. The van der Waals surface area contributed by atoms with Gasteiger partial charge in [0.15, 0.2) is 0 Å². The third-order valence-corrected chi connectivity index (χ3v) is 6.60. The van der Waals surface area contributed by atoms with E-state index in [4.69, 9.17) is 4.74 Å². The van der Waals surface area contributed by atoms with Crippen molar-refractivity contribution in [1.82, 2.24) is 18.8 Å². The highest BCUT2D eigenvalue weighted by molar-refractivity contribution is 7.86. The van der Waals surface area contributed by atoms with Gasteiger partial charge in [-0.3, -0.25) is 4.79 Å². The van der Waals surface area contributed by atoms with Crippen LogP contribution in [0.4, 0.5) is 0 Å². The lowest BCUT2D eigenvalue weighted by Gasteiger charge is -2.36. The molecule has 0 spiro atoms. The van der Waals surface area contributed by atoms with Crippen LogP contribution in [0.2, 0.25) is 0 Å². The highest BCUT2D eigenvalue weighted by Crippen LogP contribution is 2.17. The fourth-order valence-electron chi connectivity index (χ4n) is 3.09. The van der Waals surface area contributed by atoms with Gasteiger partial charge in [0.05, 0.1) is 13.2 Å². The Morgan fingerprint density at radius 2 is 1.54 bits per heavy atom. The molecule has 0 aromatic carbocycles. The summed E-state index contributed by atoms with van der Waals surface area (Å²) < 4.78 is 33.5. The number of hydrogen-bond acceptors (Lipinski definition) is 5. The van der Waals surface area contributed by atoms with Crippen LogP contribution < -0.4 is 5.32 Å². The molecule has 0 aromatic rings. The monoisotopic (exact) mass is 362 g/mol. The molecular formula is C15H30N4O4S. The summed E-state index contributed by atoms with van der Waals surface area (Å²) >= 11 is 0. The normalized spacial score (nSPS) is 21.6. The highest BCUT2D eigenvalue weighted by atomic mass is 32.2. The second-order valence-corrected chi connectivity index (χ2v) is 8.20. The van der Waals surface area contributed by atoms with Gasteiger partial charge in [-0.05, 0) is 12.8 Å². The van der Waals surface area contributed by atoms with E-state index in [1.165, 1.54) is 4.31 Å². The van der Waals surface area contributed by atoms with Gasteiger partial charge in [-0.15, -0.1) is 0 Å². The summed E-state index contributed by atoms with van der Waals surface area (Å²) in [6.07, 6.45) is 4.07. The van der Waals surface area contributed by atoms with Crippen molar-refractivity contribution in [1.29, 1.82) is 0 Å². The number of hydrogen-bond donors (Lipinski definition) is 1.